The Morgan fingerprint density at radius 1 is 0.303 bits per heavy atom. The highest BCUT2D eigenvalue weighted by Crippen LogP contribution is 2.41. The first-order valence-corrected chi connectivity index (χ1v) is 21.7. The standard InChI is InChI=1S/C59H35N7/c60-36-38-14-12-18-41(32-38)45-30-28-43(34-55(45)65-51-24-8-4-20-47(51)48-21-5-9-25-52(48)65)58-62-57(40-16-2-1-3-17-40)63-59(64-58)44-29-31-46(42-19-13-15-39(33-42)37-61)56(35-44)66-53-26-10-6-22-49(53)50-23-7-11-27-54(50)66/h1-35H. The summed E-state index contributed by atoms with van der Waals surface area (Å²) in [5, 5.41) is 24.5. The molecule has 9 aromatic carbocycles. The van der Waals surface area contributed by atoms with Crippen molar-refractivity contribution in [1.29, 1.82) is 10.5 Å². The van der Waals surface area contributed by atoms with Crippen molar-refractivity contribution in [2.75, 3.05) is 0 Å². The summed E-state index contributed by atoms with van der Waals surface area (Å²) in [4.78, 5) is 15.7. The Hall–Kier alpha value is -9.43. The fourth-order valence-corrected chi connectivity index (χ4v) is 9.43. The molecule has 66 heavy (non-hydrogen) atoms. The fraction of sp³-hybridized carbons (Fsp3) is 0. The van der Waals surface area contributed by atoms with Crippen molar-refractivity contribution < 1.29 is 0 Å². The molecule has 0 saturated heterocycles. The molecule has 0 saturated carbocycles. The molecule has 0 bridgehead atoms. The van der Waals surface area contributed by atoms with Crippen molar-refractivity contribution in [3.05, 3.63) is 223 Å². The fourth-order valence-electron chi connectivity index (χ4n) is 9.43. The van der Waals surface area contributed by atoms with E-state index in [0.717, 1.165) is 93.9 Å². The van der Waals surface area contributed by atoms with Gasteiger partial charge in [0.15, 0.2) is 17.5 Å². The third-order valence-electron chi connectivity index (χ3n) is 12.4. The molecular weight excluding hydrogens is 807 g/mol. The number of aromatic nitrogens is 5. The molecule has 0 aliphatic carbocycles. The number of hydrogen-bond donors (Lipinski definition) is 0. The minimum atomic E-state index is 0.516. The third kappa shape index (κ3) is 6.39. The summed E-state index contributed by atoms with van der Waals surface area (Å²) in [5.74, 6) is 1.58. The summed E-state index contributed by atoms with van der Waals surface area (Å²) in [6.45, 7) is 0. The molecule has 0 amide bonds. The van der Waals surface area contributed by atoms with Crippen LogP contribution in [0.5, 0.6) is 0 Å². The SMILES string of the molecule is N#Cc1cccc(-c2ccc(-c3nc(-c4ccccc4)nc(-c4ccc(-c5cccc(C#N)c5)c(-n5c6ccccc6c6ccccc65)c4)n3)cc2-n2c3ccccc3c3ccccc32)c1. The van der Waals surface area contributed by atoms with Crippen molar-refractivity contribution in [3.8, 4) is 79.9 Å². The summed E-state index contributed by atoms with van der Waals surface area (Å²) >= 11 is 0. The summed E-state index contributed by atoms with van der Waals surface area (Å²) < 4.78 is 4.61. The highest BCUT2D eigenvalue weighted by molar-refractivity contribution is 6.11. The van der Waals surface area contributed by atoms with Gasteiger partial charge in [0, 0.05) is 49.4 Å². The molecule has 0 N–H and O–H groups in total. The zero-order valence-electron chi connectivity index (χ0n) is 35.3. The van der Waals surface area contributed by atoms with Gasteiger partial charge in [-0.15, -0.1) is 0 Å². The molecule has 0 unspecified atom stereocenters. The number of nitrogens with zero attached hydrogens (tertiary/aromatic N) is 7. The smallest absolute Gasteiger partial charge is 0.164 e. The summed E-state index contributed by atoms with van der Waals surface area (Å²) in [5.41, 5.74) is 13.5. The van der Waals surface area contributed by atoms with Gasteiger partial charge >= 0.3 is 0 Å². The number of nitriles is 2. The Morgan fingerprint density at radius 2 is 0.652 bits per heavy atom. The van der Waals surface area contributed by atoms with Gasteiger partial charge in [0.1, 0.15) is 0 Å². The van der Waals surface area contributed by atoms with E-state index in [1.54, 1.807) is 0 Å². The van der Waals surface area contributed by atoms with Crippen molar-refractivity contribution in [2.24, 2.45) is 0 Å². The highest BCUT2D eigenvalue weighted by Gasteiger charge is 2.21. The second-order valence-electron chi connectivity index (χ2n) is 16.3. The molecule has 0 aliphatic rings. The Labute approximate surface area is 380 Å². The van der Waals surface area contributed by atoms with E-state index in [-0.39, 0.29) is 0 Å². The lowest BCUT2D eigenvalue weighted by Crippen LogP contribution is -2.03. The van der Waals surface area contributed by atoms with Gasteiger partial charge in [-0.3, -0.25) is 0 Å². The number of rotatable bonds is 7. The minimum Gasteiger partial charge on any atom is -0.309 e. The van der Waals surface area contributed by atoms with Crippen LogP contribution in [0.4, 0.5) is 0 Å². The molecule has 12 aromatic rings. The van der Waals surface area contributed by atoms with Crippen LogP contribution < -0.4 is 0 Å². The second kappa shape index (κ2) is 15.7. The van der Waals surface area contributed by atoms with Crippen LogP contribution in [0.2, 0.25) is 0 Å². The Morgan fingerprint density at radius 3 is 1.05 bits per heavy atom. The minimum absolute atomic E-state index is 0.516. The van der Waals surface area contributed by atoms with Gasteiger partial charge in [-0.1, -0.05) is 152 Å². The predicted molar refractivity (Wildman–Crippen MR) is 265 cm³/mol. The second-order valence-corrected chi connectivity index (χ2v) is 16.3. The molecule has 0 atom stereocenters. The quantitative estimate of drug-likeness (QED) is 0.159. The van der Waals surface area contributed by atoms with E-state index >= 15 is 0 Å². The molecule has 7 heteroatoms. The van der Waals surface area contributed by atoms with E-state index in [4.69, 9.17) is 15.0 Å². The van der Waals surface area contributed by atoms with Crippen LogP contribution in [0, 0.1) is 22.7 Å². The lowest BCUT2D eigenvalue weighted by molar-refractivity contribution is 1.07. The molecule has 3 aromatic heterocycles. The number of para-hydroxylation sites is 4. The molecular formula is C59H35N7. The van der Waals surface area contributed by atoms with Crippen LogP contribution in [0.25, 0.3) is 111 Å². The highest BCUT2D eigenvalue weighted by atomic mass is 15.0. The first-order valence-electron chi connectivity index (χ1n) is 21.7. The first-order chi connectivity index (χ1) is 32.6. The summed E-state index contributed by atoms with van der Waals surface area (Å²) in [6, 6.07) is 76.7. The molecule has 0 spiro atoms. The van der Waals surface area contributed by atoms with Gasteiger partial charge in [-0.2, -0.15) is 10.5 Å². The zero-order chi connectivity index (χ0) is 44.1. The Balaban J connectivity index is 1.11. The topological polar surface area (TPSA) is 96.1 Å². The molecule has 0 aliphatic heterocycles. The Kier molecular flexibility index (Phi) is 9.12. The van der Waals surface area contributed by atoms with E-state index in [1.807, 2.05) is 66.7 Å². The van der Waals surface area contributed by atoms with Crippen LogP contribution in [-0.4, -0.2) is 24.1 Å². The molecule has 0 fully saturated rings. The third-order valence-corrected chi connectivity index (χ3v) is 12.4. The number of hydrogen-bond acceptors (Lipinski definition) is 5. The van der Waals surface area contributed by atoms with E-state index in [1.165, 1.54) is 0 Å². The maximum atomic E-state index is 9.95. The van der Waals surface area contributed by atoms with Crippen LogP contribution >= 0.6 is 0 Å². The van der Waals surface area contributed by atoms with Crippen LogP contribution in [0.1, 0.15) is 11.1 Å². The zero-order valence-corrected chi connectivity index (χ0v) is 35.3. The van der Waals surface area contributed by atoms with Crippen molar-refractivity contribution in [2.45, 2.75) is 0 Å². The van der Waals surface area contributed by atoms with E-state index in [9.17, 15) is 10.5 Å². The predicted octanol–water partition coefficient (Wildman–Crippen LogP) is 14.1. The largest absolute Gasteiger partial charge is 0.309 e. The number of benzene rings is 9. The maximum Gasteiger partial charge on any atom is 0.164 e. The first kappa shape index (κ1) is 38.3. The maximum absolute atomic E-state index is 9.95. The molecule has 306 valence electrons. The van der Waals surface area contributed by atoms with Crippen molar-refractivity contribution >= 4 is 43.6 Å². The van der Waals surface area contributed by atoms with Crippen LogP contribution in [-0.2, 0) is 0 Å². The Bertz CT molecular complexity index is 3630. The lowest BCUT2D eigenvalue weighted by Gasteiger charge is -2.17. The molecule has 7 nitrogen and oxygen atoms in total. The van der Waals surface area contributed by atoms with Gasteiger partial charge in [-0.05, 0) is 71.8 Å². The molecule has 0 radical (unpaired) electrons. The summed E-state index contributed by atoms with van der Waals surface area (Å²) in [6.07, 6.45) is 0. The molecule has 3 heterocycles. The normalized spacial score (nSPS) is 11.3. The molecule has 12 rings (SSSR count). The average Bonchev–Trinajstić information content (AvgIpc) is 3.91. The van der Waals surface area contributed by atoms with Crippen molar-refractivity contribution in [1.82, 2.24) is 24.1 Å². The number of fused-ring (bicyclic) bond motifs is 6. The van der Waals surface area contributed by atoms with Gasteiger partial charge in [0.05, 0.1) is 56.7 Å². The average molecular weight is 842 g/mol. The van der Waals surface area contributed by atoms with Gasteiger partial charge in [0.2, 0.25) is 0 Å². The lowest BCUT2D eigenvalue weighted by atomic mass is 9.98. The van der Waals surface area contributed by atoms with E-state index < -0.39 is 0 Å². The van der Waals surface area contributed by atoms with Gasteiger partial charge in [-0.25, -0.2) is 15.0 Å². The summed E-state index contributed by atoms with van der Waals surface area (Å²) in [7, 11) is 0. The van der Waals surface area contributed by atoms with E-state index in [0.29, 0.717) is 28.6 Å². The van der Waals surface area contributed by atoms with Crippen LogP contribution in [0.15, 0.2) is 212 Å². The van der Waals surface area contributed by atoms with Crippen molar-refractivity contribution in [3.63, 3.8) is 0 Å². The van der Waals surface area contributed by atoms with Gasteiger partial charge in [0.25, 0.3) is 0 Å². The van der Waals surface area contributed by atoms with E-state index in [2.05, 4.69) is 167 Å². The monoisotopic (exact) mass is 841 g/mol. The van der Waals surface area contributed by atoms with Crippen LogP contribution in [0.3, 0.4) is 0 Å². The van der Waals surface area contributed by atoms with Gasteiger partial charge < -0.3 is 9.13 Å².